The number of thiophene rings is 1. The highest BCUT2D eigenvalue weighted by Crippen LogP contribution is 2.42. The molecule has 142 valence electrons. The van der Waals surface area contributed by atoms with Gasteiger partial charge in [0.05, 0.1) is 10.6 Å². The van der Waals surface area contributed by atoms with Gasteiger partial charge in [0.15, 0.2) is 5.16 Å². The third-order valence-electron chi connectivity index (χ3n) is 5.60. The van der Waals surface area contributed by atoms with Crippen molar-refractivity contribution in [1.29, 1.82) is 0 Å². The Morgan fingerprint density at radius 1 is 1.30 bits per heavy atom. The Kier molecular flexibility index (Phi) is 4.16. The highest BCUT2D eigenvalue weighted by molar-refractivity contribution is 7.99. The van der Waals surface area contributed by atoms with Crippen LogP contribution in [0.25, 0.3) is 10.2 Å². The Balaban J connectivity index is 1.49. The number of nitrogens with one attached hydrogen (secondary N) is 1. The van der Waals surface area contributed by atoms with Crippen molar-refractivity contribution in [2.24, 2.45) is 5.92 Å². The molecule has 0 amide bonds. The molecule has 0 unspecified atom stereocenters. The minimum Gasteiger partial charge on any atom is -0.309 e. The molecule has 3 aromatic heterocycles. The highest BCUT2D eigenvalue weighted by Gasteiger charge is 2.30. The quantitative estimate of drug-likeness (QED) is 0.663. The van der Waals surface area contributed by atoms with Gasteiger partial charge in [-0.2, -0.15) is 0 Å². The van der Waals surface area contributed by atoms with Gasteiger partial charge < -0.3 is 9.55 Å². The lowest BCUT2D eigenvalue weighted by Gasteiger charge is -2.17. The minimum atomic E-state index is 0.00865. The van der Waals surface area contributed by atoms with Gasteiger partial charge in [0.1, 0.15) is 16.5 Å². The lowest BCUT2D eigenvalue weighted by atomic mass is 9.89. The zero-order valence-electron chi connectivity index (χ0n) is 15.8. The molecule has 0 spiro atoms. The largest absolute Gasteiger partial charge is 0.309 e. The van der Waals surface area contributed by atoms with Crippen LogP contribution < -0.4 is 5.56 Å². The molecule has 2 atom stereocenters. The van der Waals surface area contributed by atoms with E-state index in [0.29, 0.717) is 12.0 Å². The normalized spacial score (nSPS) is 20.8. The first-order valence-electron chi connectivity index (χ1n) is 9.64. The Labute approximate surface area is 165 Å². The van der Waals surface area contributed by atoms with Crippen molar-refractivity contribution in [1.82, 2.24) is 24.7 Å². The number of H-pyrrole nitrogens is 1. The zero-order chi connectivity index (χ0) is 18.7. The van der Waals surface area contributed by atoms with E-state index in [4.69, 9.17) is 4.98 Å². The van der Waals surface area contributed by atoms with Crippen LogP contribution in [0.4, 0.5) is 0 Å². The van der Waals surface area contributed by atoms with Crippen LogP contribution in [-0.4, -0.2) is 24.7 Å². The monoisotopic (exact) mass is 401 g/mol. The van der Waals surface area contributed by atoms with Crippen molar-refractivity contribution in [3.05, 3.63) is 32.4 Å². The molecule has 5 rings (SSSR count). The van der Waals surface area contributed by atoms with Crippen molar-refractivity contribution in [2.75, 3.05) is 0 Å². The molecule has 0 aliphatic heterocycles. The van der Waals surface area contributed by atoms with Crippen LogP contribution in [-0.2, 0) is 12.8 Å². The van der Waals surface area contributed by atoms with E-state index in [1.807, 2.05) is 6.92 Å². The fourth-order valence-corrected chi connectivity index (χ4v) is 6.37. The fraction of sp³-hybridized carbons (Fsp3) is 0.579. The van der Waals surface area contributed by atoms with E-state index in [1.54, 1.807) is 23.1 Å². The Morgan fingerprint density at radius 2 is 2.11 bits per heavy atom. The second-order valence-corrected chi connectivity index (χ2v) is 10.3. The van der Waals surface area contributed by atoms with Crippen molar-refractivity contribution >= 4 is 33.3 Å². The van der Waals surface area contributed by atoms with E-state index in [2.05, 4.69) is 33.6 Å². The number of hydrogen-bond donors (Lipinski definition) is 1. The van der Waals surface area contributed by atoms with Crippen LogP contribution >= 0.6 is 23.1 Å². The van der Waals surface area contributed by atoms with Crippen LogP contribution in [0.3, 0.4) is 0 Å². The molecule has 0 radical (unpaired) electrons. The van der Waals surface area contributed by atoms with Gasteiger partial charge >= 0.3 is 0 Å². The molecule has 1 N–H and O–H groups in total. The maximum absolute atomic E-state index is 12.8. The summed E-state index contributed by atoms with van der Waals surface area (Å²) in [5, 5.41) is 10.3. The zero-order valence-corrected chi connectivity index (χ0v) is 17.4. The number of rotatable bonds is 4. The maximum Gasteiger partial charge on any atom is 0.259 e. The minimum absolute atomic E-state index is 0.00865. The van der Waals surface area contributed by atoms with Gasteiger partial charge in [0.2, 0.25) is 0 Å². The fourth-order valence-electron chi connectivity index (χ4n) is 3.96. The van der Waals surface area contributed by atoms with E-state index >= 15 is 0 Å². The van der Waals surface area contributed by atoms with E-state index < -0.39 is 0 Å². The number of aromatic amines is 1. The lowest BCUT2D eigenvalue weighted by Crippen LogP contribution is -2.15. The Hall–Kier alpha value is -1.67. The molecule has 0 aromatic carbocycles. The topological polar surface area (TPSA) is 76.5 Å². The molecule has 2 aliphatic carbocycles. The van der Waals surface area contributed by atoms with Gasteiger partial charge in [0, 0.05) is 10.9 Å². The average Bonchev–Trinajstić information content (AvgIpc) is 3.29. The number of aryl methyl sites for hydroxylation is 2. The van der Waals surface area contributed by atoms with Crippen LogP contribution in [0.5, 0.6) is 0 Å². The lowest BCUT2D eigenvalue weighted by molar-refractivity contribution is 0.509. The molecule has 8 heteroatoms. The van der Waals surface area contributed by atoms with E-state index in [-0.39, 0.29) is 10.8 Å². The van der Waals surface area contributed by atoms with Gasteiger partial charge in [-0.1, -0.05) is 18.7 Å². The second kappa shape index (κ2) is 6.44. The molecule has 6 nitrogen and oxygen atoms in total. The van der Waals surface area contributed by atoms with Crippen molar-refractivity contribution in [3.63, 3.8) is 0 Å². The summed E-state index contributed by atoms with van der Waals surface area (Å²) in [6.45, 7) is 6.36. The van der Waals surface area contributed by atoms with Crippen LogP contribution in [0.15, 0.2) is 9.95 Å². The molecule has 2 aliphatic rings. The van der Waals surface area contributed by atoms with E-state index in [0.717, 1.165) is 46.3 Å². The number of fused-ring (bicyclic) bond motifs is 3. The number of aromatic nitrogens is 5. The summed E-state index contributed by atoms with van der Waals surface area (Å²) in [6, 6.07) is 0.537. The smallest absolute Gasteiger partial charge is 0.259 e. The predicted octanol–water partition coefficient (Wildman–Crippen LogP) is 4.20. The first-order chi connectivity index (χ1) is 13.0. The number of thioether (sulfide) groups is 1. The summed E-state index contributed by atoms with van der Waals surface area (Å²) < 4.78 is 2.23. The predicted molar refractivity (Wildman–Crippen MR) is 109 cm³/mol. The second-order valence-electron chi connectivity index (χ2n) is 7.87. The van der Waals surface area contributed by atoms with Gasteiger partial charge in [-0.15, -0.1) is 21.5 Å². The molecular weight excluding hydrogens is 378 g/mol. The molecular formula is C19H23N5OS2. The number of hydrogen-bond acceptors (Lipinski definition) is 6. The molecule has 3 aromatic rings. The molecule has 3 heterocycles. The summed E-state index contributed by atoms with van der Waals surface area (Å²) in [5.74, 6) is 2.38. The van der Waals surface area contributed by atoms with Crippen molar-refractivity contribution in [2.45, 2.75) is 69.3 Å². The first kappa shape index (κ1) is 17.4. The molecule has 1 fully saturated rings. The molecule has 0 bridgehead atoms. The summed E-state index contributed by atoms with van der Waals surface area (Å²) in [5.41, 5.74) is 1.24. The maximum atomic E-state index is 12.8. The molecule has 1 saturated carbocycles. The standard InChI is InChI=1S/C19H23N5OS2/c1-9-4-7-13-14(8-9)27-18-15(13)17(25)20-16(21-18)10(2)26-19-23-22-11(3)24(19)12-5-6-12/h9-10,12H,4-8H2,1-3H3,(H,20,21,25)/t9-,10+/m0/s1. The number of nitrogens with zero attached hydrogens (tertiary/aromatic N) is 4. The Bertz CT molecular complexity index is 1080. The molecule has 27 heavy (non-hydrogen) atoms. The Morgan fingerprint density at radius 3 is 2.89 bits per heavy atom. The molecule has 0 saturated heterocycles. The SMILES string of the molecule is Cc1nnc(S[C@H](C)c2nc3sc4c(c3c(=O)[nH]2)CC[C@H](C)C4)n1C1CC1. The third kappa shape index (κ3) is 3.02. The first-order valence-corrected chi connectivity index (χ1v) is 11.3. The van der Waals surface area contributed by atoms with E-state index in [1.165, 1.54) is 23.3 Å². The van der Waals surface area contributed by atoms with Crippen LogP contribution in [0.2, 0.25) is 0 Å². The van der Waals surface area contributed by atoms with Gasteiger partial charge in [-0.25, -0.2) is 4.98 Å². The van der Waals surface area contributed by atoms with Crippen molar-refractivity contribution in [3.8, 4) is 0 Å². The van der Waals surface area contributed by atoms with Gasteiger partial charge in [-0.05, 0) is 57.4 Å². The summed E-state index contributed by atoms with van der Waals surface area (Å²) in [6.07, 6.45) is 5.61. The van der Waals surface area contributed by atoms with Crippen molar-refractivity contribution < 1.29 is 0 Å². The third-order valence-corrected chi connectivity index (χ3v) is 7.81. The summed E-state index contributed by atoms with van der Waals surface area (Å²) in [4.78, 5) is 23.0. The van der Waals surface area contributed by atoms with Crippen LogP contribution in [0, 0.1) is 12.8 Å². The highest BCUT2D eigenvalue weighted by atomic mass is 32.2. The van der Waals surface area contributed by atoms with E-state index in [9.17, 15) is 4.79 Å². The van der Waals surface area contributed by atoms with Crippen LogP contribution in [0.1, 0.15) is 66.5 Å². The van der Waals surface area contributed by atoms with Gasteiger partial charge in [-0.3, -0.25) is 4.79 Å². The summed E-state index contributed by atoms with van der Waals surface area (Å²) in [7, 11) is 0. The average molecular weight is 402 g/mol. The summed E-state index contributed by atoms with van der Waals surface area (Å²) >= 11 is 3.33. The van der Waals surface area contributed by atoms with Gasteiger partial charge in [0.25, 0.3) is 5.56 Å².